The quantitative estimate of drug-likeness (QED) is 0.634. The summed E-state index contributed by atoms with van der Waals surface area (Å²) in [6.45, 7) is 6.34. The van der Waals surface area contributed by atoms with E-state index in [2.05, 4.69) is 20.8 Å². The van der Waals surface area contributed by atoms with Gasteiger partial charge < -0.3 is 0 Å². The Morgan fingerprint density at radius 2 is 1.54 bits per heavy atom. The lowest BCUT2D eigenvalue weighted by Crippen LogP contribution is -1.81. The Kier molecular flexibility index (Phi) is 6.89. The Labute approximate surface area is 80.8 Å². The lowest BCUT2D eigenvalue weighted by molar-refractivity contribution is 0.112. The van der Waals surface area contributed by atoms with Crippen LogP contribution in [0.2, 0.25) is 0 Å². The fourth-order valence-electron chi connectivity index (χ4n) is 0.832. The van der Waals surface area contributed by atoms with E-state index in [1.54, 1.807) is 0 Å². The Morgan fingerprint density at radius 1 is 1.08 bits per heavy atom. The number of carbonyl (C=O) groups excluding carboxylic acids is 1. The molecule has 1 heteroatoms. The summed E-state index contributed by atoms with van der Waals surface area (Å²) in [5.74, 6) is 0. The van der Waals surface area contributed by atoms with E-state index in [0.29, 0.717) is 0 Å². The van der Waals surface area contributed by atoms with E-state index in [9.17, 15) is 4.79 Å². The topological polar surface area (TPSA) is 17.1 Å². The van der Waals surface area contributed by atoms with Crippen molar-refractivity contribution in [3.05, 3.63) is 35.4 Å². The maximum atomic E-state index is 10.2. The molecule has 0 unspecified atom stereocenters. The smallest absolute Gasteiger partial charge is 0.150 e. The first-order valence-corrected chi connectivity index (χ1v) is 4.82. The highest BCUT2D eigenvalue weighted by Crippen LogP contribution is 2.01. The van der Waals surface area contributed by atoms with Gasteiger partial charge in [0.25, 0.3) is 0 Å². The third-order valence-electron chi connectivity index (χ3n) is 1.52. The van der Waals surface area contributed by atoms with E-state index in [-0.39, 0.29) is 0 Å². The number of hydrogen-bond acceptors (Lipinski definition) is 1. The van der Waals surface area contributed by atoms with Gasteiger partial charge in [-0.05, 0) is 12.0 Å². The molecule has 0 amide bonds. The lowest BCUT2D eigenvalue weighted by Gasteiger charge is -1.93. The highest BCUT2D eigenvalue weighted by molar-refractivity contribution is 5.74. The van der Waals surface area contributed by atoms with Gasteiger partial charge in [-0.1, -0.05) is 51.5 Å². The number of benzene rings is 1. The molecule has 0 N–H and O–H groups in total. The van der Waals surface area contributed by atoms with Gasteiger partial charge in [-0.25, -0.2) is 0 Å². The van der Waals surface area contributed by atoms with Crippen molar-refractivity contribution in [2.75, 3.05) is 0 Å². The van der Waals surface area contributed by atoms with Crippen LogP contribution in [0.3, 0.4) is 0 Å². The molecule has 0 bridgehead atoms. The summed E-state index contributed by atoms with van der Waals surface area (Å²) in [6, 6.07) is 7.63. The summed E-state index contributed by atoms with van der Waals surface area (Å²) in [4.78, 5) is 10.2. The standard InChI is InChI=1S/C9H10O.C3H8/c1-2-8-3-5-9(7-10)6-4-8;1-3-2/h3-7H,2H2,1H3;3H2,1-2H3. The van der Waals surface area contributed by atoms with Gasteiger partial charge in [0.15, 0.2) is 0 Å². The predicted octanol–water partition coefficient (Wildman–Crippen LogP) is 3.48. The van der Waals surface area contributed by atoms with Crippen LogP contribution in [0.5, 0.6) is 0 Å². The summed E-state index contributed by atoms with van der Waals surface area (Å²) < 4.78 is 0. The van der Waals surface area contributed by atoms with E-state index < -0.39 is 0 Å². The molecule has 0 spiro atoms. The van der Waals surface area contributed by atoms with Crippen LogP contribution in [-0.2, 0) is 6.42 Å². The van der Waals surface area contributed by atoms with Crippen molar-refractivity contribution < 1.29 is 4.79 Å². The highest BCUT2D eigenvalue weighted by Gasteiger charge is 1.88. The molecule has 72 valence electrons. The van der Waals surface area contributed by atoms with Gasteiger partial charge in [-0.2, -0.15) is 0 Å². The summed E-state index contributed by atoms with van der Waals surface area (Å²) in [6.07, 6.45) is 3.14. The third-order valence-corrected chi connectivity index (χ3v) is 1.52. The fraction of sp³-hybridized carbons (Fsp3) is 0.417. The molecule has 0 aromatic heterocycles. The first kappa shape index (κ1) is 11.9. The molecule has 0 heterocycles. The number of hydrogen-bond donors (Lipinski definition) is 0. The van der Waals surface area contributed by atoms with Gasteiger partial charge in [0.05, 0.1) is 0 Å². The third kappa shape index (κ3) is 5.18. The van der Waals surface area contributed by atoms with Crippen LogP contribution in [0.15, 0.2) is 24.3 Å². The van der Waals surface area contributed by atoms with Crippen LogP contribution >= 0.6 is 0 Å². The van der Waals surface area contributed by atoms with Gasteiger partial charge in [0.2, 0.25) is 0 Å². The molecule has 13 heavy (non-hydrogen) atoms. The molecule has 0 radical (unpaired) electrons. The zero-order valence-electron chi connectivity index (χ0n) is 8.71. The molecular formula is C12H18O. The summed E-state index contributed by atoms with van der Waals surface area (Å²) in [5, 5.41) is 0. The van der Waals surface area contributed by atoms with Crippen LogP contribution in [-0.4, -0.2) is 6.29 Å². The van der Waals surface area contributed by atoms with Crippen molar-refractivity contribution in [3.8, 4) is 0 Å². The van der Waals surface area contributed by atoms with Crippen molar-refractivity contribution in [2.24, 2.45) is 0 Å². The van der Waals surface area contributed by atoms with Gasteiger partial charge in [-0.15, -0.1) is 0 Å². The van der Waals surface area contributed by atoms with E-state index in [1.165, 1.54) is 12.0 Å². The SMILES string of the molecule is CCC.CCc1ccc(C=O)cc1. The maximum absolute atomic E-state index is 10.2. The second kappa shape index (κ2) is 7.53. The molecule has 0 atom stereocenters. The summed E-state index contributed by atoms with van der Waals surface area (Å²) in [5.41, 5.74) is 2.02. The van der Waals surface area contributed by atoms with Gasteiger partial charge in [0, 0.05) is 5.56 Å². The average Bonchev–Trinajstić information content (AvgIpc) is 2.19. The van der Waals surface area contributed by atoms with Crippen molar-refractivity contribution in [1.29, 1.82) is 0 Å². The zero-order valence-corrected chi connectivity index (χ0v) is 8.71. The van der Waals surface area contributed by atoms with Crippen molar-refractivity contribution in [3.63, 3.8) is 0 Å². The predicted molar refractivity (Wildman–Crippen MR) is 57.2 cm³/mol. The lowest BCUT2D eigenvalue weighted by atomic mass is 10.1. The number of carbonyl (C=O) groups is 1. The second-order valence-corrected chi connectivity index (χ2v) is 2.92. The van der Waals surface area contributed by atoms with Crippen LogP contribution in [0.4, 0.5) is 0 Å². The molecule has 1 rings (SSSR count). The average molecular weight is 178 g/mol. The van der Waals surface area contributed by atoms with Crippen LogP contribution in [0.1, 0.15) is 43.1 Å². The Balaban J connectivity index is 0.000000424. The molecule has 0 fully saturated rings. The molecule has 0 saturated carbocycles. The van der Waals surface area contributed by atoms with Gasteiger partial charge in [-0.3, -0.25) is 4.79 Å². The van der Waals surface area contributed by atoms with Crippen LogP contribution < -0.4 is 0 Å². The summed E-state index contributed by atoms with van der Waals surface area (Å²) in [7, 11) is 0. The van der Waals surface area contributed by atoms with Crippen LogP contribution in [0.25, 0.3) is 0 Å². The fourth-order valence-corrected chi connectivity index (χ4v) is 0.832. The maximum Gasteiger partial charge on any atom is 0.150 e. The van der Waals surface area contributed by atoms with E-state index in [0.717, 1.165) is 18.3 Å². The molecule has 1 aromatic rings. The zero-order chi connectivity index (χ0) is 10.1. The minimum absolute atomic E-state index is 0.747. The molecule has 0 aliphatic rings. The summed E-state index contributed by atoms with van der Waals surface area (Å²) >= 11 is 0. The molecule has 0 aliphatic carbocycles. The number of rotatable bonds is 2. The molecular weight excluding hydrogens is 160 g/mol. The Morgan fingerprint density at radius 3 is 1.85 bits per heavy atom. The van der Waals surface area contributed by atoms with E-state index in [1.807, 2.05) is 24.3 Å². The Hall–Kier alpha value is -1.11. The van der Waals surface area contributed by atoms with Crippen LogP contribution in [0, 0.1) is 0 Å². The van der Waals surface area contributed by atoms with Gasteiger partial charge >= 0.3 is 0 Å². The minimum atomic E-state index is 0.747. The first-order valence-electron chi connectivity index (χ1n) is 4.82. The molecule has 0 saturated heterocycles. The van der Waals surface area contributed by atoms with E-state index in [4.69, 9.17) is 0 Å². The van der Waals surface area contributed by atoms with Gasteiger partial charge in [0.1, 0.15) is 6.29 Å². The van der Waals surface area contributed by atoms with Crippen molar-refractivity contribution in [1.82, 2.24) is 0 Å². The largest absolute Gasteiger partial charge is 0.298 e. The molecule has 1 nitrogen and oxygen atoms in total. The van der Waals surface area contributed by atoms with Crippen molar-refractivity contribution >= 4 is 6.29 Å². The highest BCUT2D eigenvalue weighted by atomic mass is 16.1. The molecule has 1 aromatic carbocycles. The second-order valence-electron chi connectivity index (χ2n) is 2.92. The minimum Gasteiger partial charge on any atom is -0.298 e. The first-order chi connectivity index (χ1) is 6.28. The van der Waals surface area contributed by atoms with Crippen molar-refractivity contribution in [2.45, 2.75) is 33.6 Å². The number of aryl methyl sites for hydroxylation is 1. The normalized spacial score (nSPS) is 8.54. The molecule has 0 aliphatic heterocycles. The monoisotopic (exact) mass is 178 g/mol. The Bertz CT molecular complexity index is 223. The van der Waals surface area contributed by atoms with E-state index >= 15 is 0 Å². The number of aldehydes is 1.